The molecule has 0 aromatic rings. The average Bonchev–Trinajstić information content (AvgIpc) is 1.89. The maximum Gasteiger partial charge on any atom is 0.355 e. The molecule has 0 aliphatic rings. The Kier molecular flexibility index (Phi) is 6.49. The summed E-state index contributed by atoms with van der Waals surface area (Å²) in [5.74, 6) is 0. The molecule has 0 aliphatic heterocycles. The number of hydrogen-bond donors (Lipinski definition) is 0. The molecule has 0 fully saturated rings. The Bertz CT molecular complexity index is 319. The largest absolute Gasteiger partial charge is 0.355 e. The molecule has 0 bridgehead atoms. The fraction of sp³-hybridized carbons (Fsp3) is 1.00. The molecule has 0 amide bonds. The van der Waals surface area contributed by atoms with Crippen LogP contribution in [0.2, 0.25) is 15.1 Å². The summed E-state index contributed by atoms with van der Waals surface area (Å²) in [6.07, 6.45) is 0. The molecule has 0 atom stereocenters. The topological polar surface area (TPSA) is 0 Å². The molecular formula is C12H27Cl5Si3. The molecule has 0 nitrogen and oxygen atoms in total. The number of hydrogen-bond acceptors (Lipinski definition) is 0. The van der Waals surface area contributed by atoms with Crippen molar-refractivity contribution in [1.29, 1.82) is 0 Å². The highest BCUT2D eigenvalue weighted by atomic mass is 35.9. The Hall–Kier alpha value is 2.10. The van der Waals surface area contributed by atoms with Crippen molar-refractivity contribution < 1.29 is 0 Å². The second kappa shape index (κ2) is 5.87. The third-order valence-corrected chi connectivity index (χ3v) is 58.4. The zero-order valence-corrected chi connectivity index (χ0v) is 20.7. The highest BCUT2D eigenvalue weighted by Crippen LogP contribution is 2.69. The normalized spacial score (nSPS) is 16.5. The van der Waals surface area contributed by atoms with Gasteiger partial charge in [0, 0.05) is 0 Å². The van der Waals surface area contributed by atoms with E-state index in [2.05, 4.69) is 62.3 Å². The minimum absolute atomic E-state index is 0.0594. The summed E-state index contributed by atoms with van der Waals surface area (Å²) in [6.45, 7) is 19.9. The third-order valence-electron chi connectivity index (χ3n) is 4.20. The van der Waals surface area contributed by atoms with E-state index in [1.54, 1.807) is 0 Å². The molecular weight excluding hydrogens is 406 g/mol. The van der Waals surface area contributed by atoms with Crippen molar-refractivity contribution in [1.82, 2.24) is 0 Å². The lowest BCUT2D eigenvalue weighted by Gasteiger charge is -2.64. The Balaban J connectivity index is 6.83. The molecule has 0 spiro atoms. The molecule has 0 unspecified atom stereocenters. The second-order valence-electron chi connectivity index (χ2n) is 8.57. The summed E-state index contributed by atoms with van der Waals surface area (Å²) >= 11 is 33.3. The minimum Gasteiger partial charge on any atom is -0.149 e. The van der Waals surface area contributed by atoms with Crippen LogP contribution in [0.15, 0.2) is 0 Å². The van der Waals surface area contributed by atoms with Crippen molar-refractivity contribution in [2.24, 2.45) is 0 Å². The fourth-order valence-electron chi connectivity index (χ4n) is 5.00. The molecule has 0 saturated heterocycles. The lowest BCUT2D eigenvalue weighted by atomic mass is 10.2. The van der Waals surface area contributed by atoms with Crippen LogP contribution >= 0.6 is 55.4 Å². The maximum atomic E-state index is 7.02. The monoisotopic (exact) mass is 430 g/mol. The predicted octanol–water partition coefficient (Wildman–Crippen LogP) is 7.57. The van der Waals surface area contributed by atoms with Crippen molar-refractivity contribution in [3.05, 3.63) is 0 Å². The zero-order chi connectivity index (χ0) is 17.0. The van der Waals surface area contributed by atoms with Gasteiger partial charge in [-0.1, -0.05) is 62.3 Å². The van der Waals surface area contributed by atoms with Gasteiger partial charge in [-0.3, -0.25) is 0 Å². The second-order valence-corrected chi connectivity index (χ2v) is 44.7. The Labute approximate surface area is 151 Å². The van der Waals surface area contributed by atoms with Gasteiger partial charge in [0.25, 0.3) is 5.73 Å². The molecule has 0 heterocycles. The zero-order valence-electron chi connectivity index (χ0n) is 13.9. The summed E-state index contributed by atoms with van der Waals surface area (Å²) < 4.78 is 0. The van der Waals surface area contributed by atoms with Crippen LogP contribution < -0.4 is 0 Å². The van der Waals surface area contributed by atoms with E-state index in [4.69, 9.17) is 55.4 Å². The Morgan fingerprint density at radius 3 is 0.750 bits per heavy atom. The summed E-state index contributed by atoms with van der Waals surface area (Å²) in [6, 6.07) is 0. The van der Waals surface area contributed by atoms with Crippen molar-refractivity contribution in [3.8, 4) is 0 Å². The van der Waals surface area contributed by atoms with Gasteiger partial charge in [0.05, 0.1) is 0 Å². The quantitative estimate of drug-likeness (QED) is 0.312. The van der Waals surface area contributed by atoms with Gasteiger partial charge in [-0.15, -0.1) is 55.4 Å². The first-order chi connectivity index (χ1) is 8.25. The molecule has 0 aromatic carbocycles. The molecule has 8 heteroatoms. The molecule has 0 radical (unpaired) electrons. The molecule has 0 aromatic heterocycles. The first-order valence-corrected chi connectivity index (χ1v) is 19.8. The summed E-state index contributed by atoms with van der Waals surface area (Å²) in [4.78, 5) is 0. The van der Waals surface area contributed by atoms with E-state index in [1.807, 2.05) is 0 Å². The SMILES string of the molecule is CC(C)(C)[Si](C(C)(C)C)(C(C)(C)C)[Si](Cl)(Cl)[Si](Cl)(Cl)Cl. The van der Waals surface area contributed by atoms with E-state index >= 15 is 0 Å². The molecule has 0 aliphatic carbocycles. The fourth-order valence-corrected chi connectivity index (χ4v) is 65.5. The van der Waals surface area contributed by atoms with Gasteiger partial charge in [0.2, 0.25) is 0 Å². The molecule has 0 rings (SSSR count). The first-order valence-electron chi connectivity index (χ1n) is 6.69. The molecule has 0 N–H and O–H groups in total. The van der Waals surface area contributed by atoms with Crippen LogP contribution in [0.25, 0.3) is 0 Å². The smallest absolute Gasteiger partial charge is 0.149 e. The highest BCUT2D eigenvalue weighted by molar-refractivity contribution is 8.14. The van der Waals surface area contributed by atoms with Gasteiger partial charge in [0.15, 0.2) is 0 Å². The number of halogens is 5. The third kappa shape index (κ3) is 3.31. The summed E-state index contributed by atoms with van der Waals surface area (Å²) in [5, 5.41) is -0.178. The van der Waals surface area contributed by atoms with Crippen molar-refractivity contribution in [3.63, 3.8) is 0 Å². The standard InChI is InChI=1S/C12H27Cl5Si3/c1-10(2,3)18(11(4,5)6,12(7,8)9)20(16,17)19(13,14)15/h1-9H3. The van der Waals surface area contributed by atoms with E-state index in [0.717, 1.165) is 0 Å². The van der Waals surface area contributed by atoms with E-state index in [9.17, 15) is 0 Å². The van der Waals surface area contributed by atoms with E-state index < -0.39 is 18.8 Å². The lowest BCUT2D eigenvalue weighted by molar-refractivity contribution is 0.555. The Morgan fingerprint density at radius 2 is 0.700 bits per heavy atom. The van der Waals surface area contributed by atoms with E-state index in [-0.39, 0.29) is 15.1 Å². The van der Waals surface area contributed by atoms with Gasteiger partial charge in [0.1, 0.15) is 7.59 Å². The van der Waals surface area contributed by atoms with Gasteiger partial charge >= 0.3 is 5.52 Å². The Morgan fingerprint density at radius 1 is 0.500 bits per heavy atom. The van der Waals surface area contributed by atoms with E-state index in [0.29, 0.717) is 0 Å². The van der Waals surface area contributed by atoms with Crippen molar-refractivity contribution in [2.45, 2.75) is 77.4 Å². The first kappa shape index (κ1) is 22.1. The van der Waals surface area contributed by atoms with Crippen molar-refractivity contribution in [2.75, 3.05) is 0 Å². The van der Waals surface area contributed by atoms with Gasteiger partial charge in [-0.05, 0) is 15.1 Å². The van der Waals surface area contributed by atoms with Crippen LogP contribution in [-0.2, 0) is 0 Å². The highest BCUT2D eigenvalue weighted by Gasteiger charge is 2.77. The van der Waals surface area contributed by atoms with Crippen LogP contribution in [-0.4, -0.2) is 18.8 Å². The lowest BCUT2D eigenvalue weighted by Crippen LogP contribution is -2.77. The van der Waals surface area contributed by atoms with Crippen molar-refractivity contribution >= 4 is 74.2 Å². The van der Waals surface area contributed by atoms with Crippen LogP contribution in [0.4, 0.5) is 0 Å². The van der Waals surface area contributed by atoms with Gasteiger partial charge in [-0.25, -0.2) is 0 Å². The molecule has 20 heavy (non-hydrogen) atoms. The average molecular weight is 433 g/mol. The van der Waals surface area contributed by atoms with Crippen LogP contribution in [0.5, 0.6) is 0 Å². The number of rotatable bonds is 2. The molecule has 122 valence electrons. The van der Waals surface area contributed by atoms with Gasteiger partial charge < -0.3 is 0 Å². The summed E-state index contributed by atoms with van der Waals surface area (Å²) in [7, 11) is -2.43. The summed E-state index contributed by atoms with van der Waals surface area (Å²) in [5.41, 5.74) is -6.27. The minimum atomic E-state index is -3.20. The van der Waals surface area contributed by atoms with Crippen LogP contribution in [0.3, 0.4) is 0 Å². The predicted molar refractivity (Wildman–Crippen MR) is 106 cm³/mol. The maximum absolute atomic E-state index is 7.02. The van der Waals surface area contributed by atoms with Crippen LogP contribution in [0, 0.1) is 0 Å². The van der Waals surface area contributed by atoms with Crippen LogP contribution in [0.1, 0.15) is 62.3 Å². The molecule has 0 saturated carbocycles. The van der Waals surface area contributed by atoms with Gasteiger partial charge in [-0.2, -0.15) is 0 Å². The van der Waals surface area contributed by atoms with E-state index in [1.165, 1.54) is 0 Å².